The summed E-state index contributed by atoms with van der Waals surface area (Å²) in [6.07, 6.45) is 2.82. The number of rotatable bonds is 3. The quantitative estimate of drug-likeness (QED) is 0.778. The van der Waals surface area contributed by atoms with Crippen molar-refractivity contribution in [2.45, 2.75) is 20.3 Å². The van der Waals surface area contributed by atoms with E-state index >= 15 is 0 Å². The molecule has 0 bridgehead atoms. The highest BCUT2D eigenvalue weighted by molar-refractivity contribution is 7.13. The van der Waals surface area contributed by atoms with Crippen LogP contribution in [0, 0.1) is 18.3 Å². The number of aromatic nitrogens is 1. The predicted octanol–water partition coefficient (Wildman–Crippen LogP) is 4.14. The van der Waals surface area contributed by atoms with Gasteiger partial charge in [-0.05, 0) is 30.9 Å². The van der Waals surface area contributed by atoms with Crippen LogP contribution in [0.15, 0.2) is 17.5 Å². The zero-order valence-electron chi connectivity index (χ0n) is 9.73. The van der Waals surface area contributed by atoms with Crippen LogP contribution in [0.1, 0.15) is 27.4 Å². The Labute approximate surface area is 109 Å². The zero-order chi connectivity index (χ0) is 12.3. The Bertz CT molecular complexity index is 571. The second-order valence-electron chi connectivity index (χ2n) is 3.56. The van der Waals surface area contributed by atoms with E-state index in [4.69, 9.17) is 0 Å². The molecule has 4 heteroatoms. The molecule has 17 heavy (non-hydrogen) atoms. The molecule has 0 unspecified atom stereocenters. The summed E-state index contributed by atoms with van der Waals surface area (Å²) in [6, 6.07) is 6.22. The van der Waals surface area contributed by atoms with Crippen molar-refractivity contribution in [3.8, 4) is 6.07 Å². The summed E-state index contributed by atoms with van der Waals surface area (Å²) >= 11 is 3.22. The average Bonchev–Trinajstić information content (AvgIpc) is 2.95. The van der Waals surface area contributed by atoms with Gasteiger partial charge in [-0.25, -0.2) is 4.98 Å². The molecule has 0 radical (unpaired) electrons. The molecule has 0 atom stereocenters. The van der Waals surface area contributed by atoms with E-state index in [1.165, 1.54) is 4.88 Å². The van der Waals surface area contributed by atoms with Gasteiger partial charge in [-0.1, -0.05) is 13.0 Å². The van der Waals surface area contributed by atoms with Gasteiger partial charge in [0.15, 0.2) is 0 Å². The number of nitriles is 1. The van der Waals surface area contributed by atoms with Gasteiger partial charge in [-0.2, -0.15) is 5.26 Å². The Hall–Kier alpha value is -1.44. The Kier molecular flexibility index (Phi) is 3.72. The number of nitrogens with zero attached hydrogens (tertiary/aromatic N) is 2. The van der Waals surface area contributed by atoms with Crippen molar-refractivity contribution < 1.29 is 0 Å². The smallest absolute Gasteiger partial charge is 0.134 e. The lowest BCUT2D eigenvalue weighted by molar-refractivity contribution is 1.04. The number of thiazole rings is 1. The van der Waals surface area contributed by atoms with Crippen LogP contribution in [0.4, 0.5) is 0 Å². The van der Waals surface area contributed by atoms with E-state index in [9.17, 15) is 5.26 Å². The molecular weight excluding hydrogens is 248 g/mol. The molecule has 0 saturated heterocycles. The van der Waals surface area contributed by atoms with E-state index in [-0.39, 0.29) is 0 Å². The molecular formula is C13H12N2S2. The van der Waals surface area contributed by atoms with E-state index in [0.717, 1.165) is 22.0 Å². The van der Waals surface area contributed by atoms with Crippen LogP contribution in [-0.2, 0) is 6.42 Å². The van der Waals surface area contributed by atoms with Crippen LogP contribution >= 0.6 is 22.7 Å². The first-order valence-corrected chi connectivity index (χ1v) is 7.06. The molecule has 0 fully saturated rings. The number of aryl methyl sites for hydroxylation is 2. The van der Waals surface area contributed by atoms with Gasteiger partial charge in [0.1, 0.15) is 11.1 Å². The maximum absolute atomic E-state index is 9.20. The molecule has 2 aromatic heterocycles. The van der Waals surface area contributed by atoms with Gasteiger partial charge in [0, 0.05) is 9.75 Å². The molecule has 2 heterocycles. The molecule has 2 nitrogen and oxygen atoms in total. The van der Waals surface area contributed by atoms with E-state index in [0.29, 0.717) is 5.57 Å². The monoisotopic (exact) mass is 260 g/mol. The van der Waals surface area contributed by atoms with Gasteiger partial charge in [-0.15, -0.1) is 22.7 Å². The standard InChI is InChI=1S/C13H12N2S2/c1-3-12-9(2)17-13(15-12)10(8-14)7-11-5-4-6-16-11/h4-7H,3H2,1-2H3/b10-7-. The van der Waals surface area contributed by atoms with E-state index in [2.05, 4.69) is 24.9 Å². The van der Waals surface area contributed by atoms with Crippen molar-refractivity contribution in [2.24, 2.45) is 0 Å². The highest BCUT2D eigenvalue weighted by atomic mass is 32.1. The number of hydrogen-bond donors (Lipinski definition) is 0. The van der Waals surface area contributed by atoms with Gasteiger partial charge in [0.25, 0.3) is 0 Å². The molecule has 2 rings (SSSR count). The molecule has 0 aliphatic heterocycles. The summed E-state index contributed by atoms with van der Waals surface area (Å²) in [5.74, 6) is 0. The molecule has 0 aliphatic carbocycles. The minimum Gasteiger partial charge on any atom is -0.240 e. The molecule has 86 valence electrons. The van der Waals surface area contributed by atoms with E-state index in [1.807, 2.05) is 23.6 Å². The average molecular weight is 260 g/mol. The molecule has 0 amide bonds. The van der Waals surface area contributed by atoms with Gasteiger partial charge in [-0.3, -0.25) is 0 Å². The first-order valence-electron chi connectivity index (χ1n) is 5.36. The van der Waals surface area contributed by atoms with Crippen molar-refractivity contribution in [3.05, 3.63) is 38.0 Å². The normalized spacial score (nSPS) is 11.5. The lowest BCUT2D eigenvalue weighted by Crippen LogP contribution is -1.84. The third-order valence-electron chi connectivity index (χ3n) is 2.41. The van der Waals surface area contributed by atoms with Gasteiger partial charge >= 0.3 is 0 Å². The summed E-state index contributed by atoms with van der Waals surface area (Å²) in [4.78, 5) is 6.81. The second kappa shape index (κ2) is 5.26. The summed E-state index contributed by atoms with van der Waals surface area (Å²) in [7, 11) is 0. The molecule has 2 aromatic rings. The Morgan fingerprint density at radius 1 is 1.59 bits per heavy atom. The second-order valence-corrected chi connectivity index (χ2v) is 5.74. The van der Waals surface area contributed by atoms with E-state index in [1.54, 1.807) is 22.7 Å². The maximum atomic E-state index is 9.20. The number of allylic oxidation sites excluding steroid dienone is 1. The Morgan fingerprint density at radius 3 is 2.94 bits per heavy atom. The zero-order valence-corrected chi connectivity index (χ0v) is 11.4. The summed E-state index contributed by atoms with van der Waals surface area (Å²) < 4.78 is 0. The van der Waals surface area contributed by atoms with Crippen LogP contribution in [-0.4, -0.2) is 4.98 Å². The van der Waals surface area contributed by atoms with Gasteiger partial charge in [0.05, 0.1) is 11.3 Å². The largest absolute Gasteiger partial charge is 0.240 e. The van der Waals surface area contributed by atoms with Crippen LogP contribution < -0.4 is 0 Å². The number of hydrogen-bond acceptors (Lipinski definition) is 4. The fraction of sp³-hybridized carbons (Fsp3) is 0.231. The Morgan fingerprint density at radius 2 is 2.41 bits per heavy atom. The molecule has 0 aromatic carbocycles. The summed E-state index contributed by atoms with van der Waals surface area (Å²) in [5, 5.41) is 12.0. The lowest BCUT2D eigenvalue weighted by atomic mass is 10.2. The topological polar surface area (TPSA) is 36.7 Å². The van der Waals surface area contributed by atoms with Crippen molar-refractivity contribution in [3.63, 3.8) is 0 Å². The molecule has 0 saturated carbocycles. The van der Waals surface area contributed by atoms with Crippen LogP contribution in [0.3, 0.4) is 0 Å². The summed E-state index contributed by atoms with van der Waals surface area (Å²) in [6.45, 7) is 4.14. The van der Waals surface area contributed by atoms with Crippen molar-refractivity contribution in [2.75, 3.05) is 0 Å². The first kappa shape index (κ1) is 12.0. The fourth-order valence-corrected chi connectivity index (χ4v) is 3.15. The highest BCUT2D eigenvalue weighted by Crippen LogP contribution is 2.26. The van der Waals surface area contributed by atoms with Gasteiger partial charge < -0.3 is 0 Å². The molecule has 0 spiro atoms. The molecule has 0 N–H and O–H groups in total. The third kappa shape index (κ3) is 2.63. The van der Waals surface area contributed by atoms with Gasteiger partial charge in [0.2, 0.25) is 0 Å². The van der Waals surface area contributed by atoms with Crippen molar-refractivity contribution >= 4 is 34.3 Å². The minimum absolute atomic E-state index is 0.653. The summed E-state index contributed by atoms with van der Waals surface area (Å²) in [5.41, 5.74) is 1.75. The van der Waals surface area contributed by atoms with Crippen LogP contribution in [0.2, 0.25) is 0 Å². The maximum Gasteiger partial charge on any atom is 0.134 e. The van der Waals surface area contributed by atoms with Crippen molar-refractivity contribution in [1.29, 1.82) is 5.26 Å². The van der Waals surface area contributed by atoms with Crippen LogP contribution in [0.5, 0.6) is 0 Å². The third-order valence-corrected chi connectivity index (χ3v) is 4.27. The lowest BCUT2D eigenvalue weighted by Gasteiger charge is -1.91. The minimum atomic E-state index is 0.653. The fourth-order valence-electron chi connectivity index (χ4n) is 1.53. The van der Waals surface area contributed by atoms with Crippen LogP contribution in [0.25, 0.3) is 11.6 Å². The highest BCUT2D eigenvalue weighted by Gasteiger charge is 2.10. The van der Waals surface area contributed by atoms with E-state index < -0.39 is 0 Å². The predicted molar refractivity (Wildman–Crippen MR) is 74.0 cm³/mol. The first-order chi connectivity index (χ1) is 8.24. The SMILES string of the molecule is CCc1nc(/C(C#N)=C\c2cccs2)sc1C. The van der Waals surface area contributed by atoms with Crippen molar-refractivity contribution in [1.82, 2.24) is 4.98 Å². The number of thiophene rings is 1. The molecule has 0 aliphatic rings. The Balaban J connectivity index is 2.39.